The molecular weight excluding hydrogens is 394 g/mol. The van der Waals surface area contributed by atoms with Crippen LogP contribution in [-0.4, -0.2) is 60.9 Å². The number of hydrogen-bond acceptors (Lipinski definition) is 3. The van der Waals surface area contributed by atoms with Crippen molar-refractivity contribution in [2.45, 2.75) is 19.8 Å². The van der Waals surface area contributed by atoms with Crippen molar-refractivity contribution in [3.8, 4) is 0 Å². The molecule has 1 heterocycles. The molecule has 0 aromatic heterocycles. The molecule has 1 aromatic rings. The van der Waals surface area contributed by atoms with Crippen molar-refractivity contribution in [2.24, 2.45) is 0 Å². The summed E-state index contributed by atoms with van der Waals surface area (Å²) in [7, 11) is 0. The molecule has 0 aliphatic carbocycles. The molecule has 2 rings (SSSR count). The molecule has 0 atom stereocenters. The highest BCUT2D eigenvalue weighted by molar-refractivity contribution is 9.10. The van der Waals surface area contributed by atoms with Crippen LogP contribution in [0.25, 0.3) is 0 Å². The van der Waals surface area contributed by atoms with E-state index in [9.17, 15) is 9.59 Å². The van der Waals surface area contributed by atoms with Gasteiger partial charge in [-0.05, 0) is 24.6 Å². The van der Waals surface area contributed by atoms with Crippen LogP contribution in [0.3, 0.4) is 0 Å². The van der Waals surface area contributed by atoms with E-state index in [1.807, 2.05) is 6.07 Å². The first-order valence-corrected chi connectivity index (χ1v) is 9.41. The van der Waals surface area contributed by atoms with E-state index in [2.05, 4.69) is 33.1 Å². The summed E-state index contributed by atoms with van der Waals surface area (Å²) in [6, 6.07) is 5.28. The molecule has 0 unspecified atom stereocenters. The van der Waals surface area contributed by atoms with Gasteiger partial charge in [-0.2, -0.15) is 0 Å². The molecule has 2 amide bonds. The Kier molecular flexibility index (Phi) is 7.52. The van der Waals surface area contributed by atoms with E-state index in [1.165, 1.54) is 0 Å². The molecule has 132 valence electrons. The van der Waals surface area contributed by atoms with Gasteiger partial charge in [0, 0.05) is 37.2 Å². The molecule has 1 aliphatic heterocycles. The first-order chi connectivity index (χ1) is 11.5. The van der Waals surface area contributed by atoms with Crippen LogP contribution in [-0.2, 0) is 4.79 Å². The lowest BCUT2D eigenvalue weighted by molar-refractivity contribution is -0.122. The van der Waals surface area contributed by atoms with Crippen molar-refractivity contribution >= 4 is 39.3 Å². The third kappa shape index (κ3) is 5.46. The van der Waals surface area contributed by atoms with E-state index in [1.54, 1.807) is 17.0 Å². The van der Waals surface area contributed by atoms with E-state index in [4.69, 9.17) is 11.6 Å². The lowest BCUT2D eigenvalue weighted by atomic mass is 10.2. The molecule has 5 nitrogen and oxygen atoms in total. The highest BCUT2D eigenvalue weighted by Crippen LogP contribution is 2.23. The number of rotatable bonds is 6. The third-order valence-corrected chi connectivity index (χ3v) is 4.86. The molecular formula is C17H23BrClN3O2. The third-order valence-electron chi connectivity index (χ3n) is 4.04. The minimum absolute atomic E-state index is 0.0539. The maximum Gasteiger partial charge on any atom is 0.255 e. The molecule has 7 heteroatoms. The molecule has 0 bridgehead atoms. The van der Waals surface area contributed by atoms with Crippen LogP contribution in [0, 0.1) is 0 Å². The number of carbonyl (C=O) groups excluding carboxylic acids is 2. The summed E-state index contributed by atoms with van der Waals surface area (Å²) in [5.41, 5.74) is 0.511. The summed E-state index contributed by atoms with van der Waals surface area (Å²) < 4.78 is 0.831. The number of unbranched alkanes of at least 4 members (excludes halogenated alkanes) is 1. The van der Waals surface area contributed by atoms with Gasteiger partial charge in [-0.15, -0.1) is 0 Å². The summed E-state index contributed by atoms with van der Waals surface area (Å²) in [4.78, 5) is 28.3. The minimum Gasteiger partial charge on any atom is -0.355 e. The fourth-order valence-electron chi connectivity index (χ4n) is 2.60. The van der Waals surface area contributed by atoms with Gasteiger partial charge < -0.3 is 10.2 Å². The van der Waals surface area contributed by atoms with Crippen LogP contribution in [0.4, 0.5) is 0 Å². The van der Waals surface area contributed by atoms with Gasteiger partial charge in [-0.1, -0.05) is 40.9 Å². The van der Waals surface area contributed by atoms with Crippen molar-refractivity contribution in [3.63, 3.8) is 0 Å². The zero-order valence-electron chi connectivity index (χ0n) is 13.9. The highest BCUT2D eigenvalue weighted by atomic mass is 79.9. The second kappa shape index (κ2) is 9.39. The smallest absolute Gasteiger partial charge is 0.255 e. The van der Waals surface area contributed by atoms with Gasteiger partial charge in [0.15, 0.2) is 0 Å². The number of halogens is 2. The van der Waals surface area contributed by atoms with Gasteiger partial charge in [0.05, 0.1) is 17.1 Å². The predicted octanol–water partition coefficient (Wildman–Crippen LogP) is 2.78. The van der Waals surface area contributed by atoms with Gasteiger partial charge >= 0.3 is 0 Å². The normalized spacial score (nSPS) is 15.4. The van der Waals surface area contributed by atoms with Gasteiger partial charge in [-0.25, -0.2) is 0 Å². The quantitative estimate of drug-likeness (QED) is 0.726. The molecule has 1 N–H and O–H groups in total. The van der Waals surface area contributed by atoms with E-state index in [0.29, 0.717) is 43.3 Å². The van der Waals surface area contributed by atoms with Crippen LogP contribution in [0.2, 0.25) is 5.02 Å². The van der Waals surface area contributed by atoms with Gasteiger partial charge in [0.1, 0.15) is 0 Å². The Bertz CT molecular complexity index is 589. The Morgan fingerprint density at radius 3 is 2.62 bits per heavy atom. The second-order valence-corrected chi connectivity index (χ2v) is 7.22. The maximum absolute atomic E-state index is 12.6. The monoisotopic (exact) mass is 415 g/mol. The summed E-state index contributed by atoms with van der Waals surface area (Å²) >= 11 is 9.51. The summed E-state index contributed by atoms with van der Waals surface area (Å²) in [5, 5.41) is 3.38. The van der Waals surface area contributed by atoms with Crippen LogP contribution >= 0.6 is 27.5 Å². The van der Waals surface area contributed by atoms with E-state index in [-0.39, 0.29) is 11.8 Å². The van der Waals surface area contributed by atoms with Crippen molar-refractivity contribution in [3.05, 3.63) is 33.3 Å². The maximum atomic E-state index is 12.6. The number of carbonyl (C=O) groups is 2. The average Bonchev–Trinajstić information content (AvgIpc) is 2.57. The van der Waals surface area contributed by atoms with Crippen LogP contribution in [0.15, 0.2) is 22.7 Å². The number of nitrogens with zero attached hydrogens (tertiary/aromatic N) is 2. The summed E-state index contributed by atoms with van der Waals surface area (Å²) in [6.45, 7) is 5.81. The Balaban J connectivity index is 1.83. The Morgan fingerprint density at radius 2 is 1.96 bits per heavy atom. The van der Waals surface area contributed by atoms with Crippen molar-refractivity contribution < 1.29 is 9.59 Å². The Hall–Kier alpha value is -1.11. The first-order valence-electron chi connectivity index (χ1n) is 8.24. The molecule has 1 saturated heterocycles. The number of nitrogens with one attached hydrogen (secondary N) is 1. The molecule has 0 spiro atoms. The van der Waals surface area contributed by atoms with E-state index < -0.39 is 0 Å². The summed E-state index contributed by atoms with van der Waals surface area (Å²) in [6.07, 6.45) is 2.07. The summed E-state index contributed by atoms with van der Waals surface area (Å²) in [5.74, 6) is -0.00777. The molecule has 24 heavy (non-hydrogen) atoms. The lowest BCUT2D eigenvalue weighted by Gasteiger charge is -2.34. The second-order valence-electron chi connectivity index (χ2n) is 5.90. The van der Waals surface area contributed by atoms with Gasteiger partial charge in [0.25, 0.3) is 5.91 Å². The fourth-order valence-corrected chi connectivity index (χ4v) is 3.16. The van der Waals surface area contributed by atoms with E-state index in [0.717, 1.165) is 23.9 Å². The lowest BCUT2D eigenvalue weighted by Crippen LogP contribution is -2.51. The number of hydrogen-bond donors (Lipinski definition) is 1. The molecule has 1 aromatic carbocycles. The van der Waals surface area contributed by atoms with Crippen molar-refractivity contribution in [1.29, 1.82) is 0 Å². The van der Waals surface area contributed by atoms with E-state index >= 15 is 0 Å². The van der Waals surface area contributed by atoms with Crippen LogP contribution in [0.5, 0.6) is 0 Å². The molecule has 0 radical (unpaired) electrons. The molecule has 1 fully saturated rings. The average molecular weight is 417 g/mol. The zero-order valence-corrected chi connectivity index (χ0v) is 16.2. The topological polar surface area (TPSA) is 52.7 Å². The molecule has 1 aliphatic rings. The number of benzene rings is 1. The minimum atomic E-state index is -0.0617. The SMILES string of the molecule is CCCCNC(=O)CN1CCN(C(=O)c2cc(Br)ccc2Cl)CC1. The van der Waals surface area contributed by atoms with Crippen LogP contribution < -0.4 is 5.32 Å². The fraction of sp³-hybridized carbons (Fsp3) is 0.529. The number of amides is 2. The largest absolute Gasteiger partial charge is 0.355 e. The highest BCUT2D eigenvalue weighted by Gasteiger charge is 2.24. The standard InChI is InChI=1S/C17H23BrClN3O2/c1-2-3-6-20-16(23)12-21-7-9-22(10-8-21)17(24)14-11-13(18)4-5-15(14)19/h4-5,11H,2-3,6-10,12H2,1H3,(H,20,23). The molecule has 0 saturated carbocycles. The zero-order chi connectivity index (χ0) is 17.5. The van der Waals surface area contributed by atoms with Gasteiger partial charge in [-0.3, -0.25) is 14.5 Å². The van der Waals surface area contributed by atoms with Crippen LogP contribution in [0.1, 0.15) is 30.1 Å². The van der Waals surface area contributed by atoms with Gasteiger partial charge in [0.2, 0.25) is 5.91 Å². The van der Waals surface area contributed by atoms with Crippen molar-refractivity contribution in [2.75, 3.05) is 39.3 Å². The van der Waals surface area contributed by atoms with Crippen molar-refractivity contribution in [1.82, 2.24) is 15.1 Å². The predicted molar refractivity (Wildman–Crippen MR) is 99.4 cm³/mol. The Morgan fingerprint density at radius 1 is 1.25 bits per heavy atom. The number of piperazine rings is 1. The first kappa shape index (κ1) is 19.2. The Labute approximate surface area is 156 Å².